The first-order chi connectivity index (χ1) is 16.0. The number of fused-ring (bicyclic) bond motifs is 1. The second-order valence-electron chi connectivity index (χ2n) is 8.26. The van der Waals surface area contributed by atoms with Crippen molar-refractivity contribution in [2.45, 2.75) is 31.2 Å². The lowest BCUT2D eigenvalue weighted by Gasteiger charge is -2.19. The van der Waals surface area contributed by atoms with Crippen LogP contribution in [0.2, 0.25) is 0 Å². The molecule has 0 fully saturated rings. The molecule has 0 saturated heterocycles. The molecule has 1 atom stereocenters. The minimum atomic E-state index is -0.644. The molecule has 0 unspecified atom stereocenters. The van der Waals surface area contributed by atoms with Crippen LogP contribution in [0.25, 0.3) is 10.9 Å². The largest absolute Gasteiger partial charge is 0.361 e. The van der Waals surface area contributed by atoms with Crippen molar-refractivity contribution in [1.29, 1.82) is 0 Å². The van der Waals surface area contributed by atoms with E-state index in [0.717, 1.165) is 34.0 Å². The number of carbonyl (C=O) groups excluding carboxylic acids is 1. The molecule has 0 bridgehead atoms. The van der Waals surface area contributed by atoms with Crippen LogP contribution in [0.3, 0.4) is 0 Å². The fourth-order valence-corrected chi connectivity index (χ4v) is 4.19. The molecule has 0 spiro atoms. The van der Waals surface area contributed by atoms with Gasteiger partial charge in [0.25, 0.3) is 0 Å². The van der Waals surface area contributed by atoms with E-state index in [1.54, 1.807) is 24.3 Å². The van der Waals surface area contributed by atoms with E-state index in [1.165, 1.54) is 24.3 Å². The normalized spacial score (nSPS) is 12.2. The smallest absolute Gasteiger partial charge is 0.237 e. The van der Waals surface area contributed by atoms with Gasteiger partial charge >= 0.3 is 0 Å². The lowest BCUT2D eigenvalue weighted by Crippen LogP contribution is -2.42. The summed E-state index contributed by atoms with van der Waals surface area (Å²) < 4.78 is 26.8. The summed E-state index contributed by atoms with van der Waals surface area (Å²) in [5.74, 6) is -0.815. The Morgan fingerprint density at radius 2 is 1.52 bits per heavy atom. The molecule has 4 N–H and O–H groups in total. The number of hydrogen-bond acceptors (Lipinski definition) is 2. The van der Waals surface area contributed by atoms with Crippen LogP contribution in [0, 0.1) is 11.6 Å². The fourth-order valence-electron chi connectivity index (χ4n) is 4.19. The van der Waals surface area contributed by atoms with Crippen molar-refractivity contribution in [1.82, 2.24) is 10.3 Å². The number of carbonyl (C=O) groups is 1. The molecule has 0 aliphatic rings. The summed E-state index contributed by atoms with van der Waals surface area (Å²) >= 11 is 0. The zero-order chi connectivity index (χ0) is 23.2. The maximum Gasteiger partial charge on any atom is 0.237 e. The van der Waals surface area contributed by atoms with E-state index in [9.17, 15) is 13.6 Å². The van der Waals surface area contributed by atoms with E-state index < -0.39 is 6.04 Å². The van der Waals surface area contributed by atoms with E-state index in [2.05, 4.69) is 10.3 Å². The first-order valence-corrected chi connectivity index (χ1v) is 11.1. The third-order valence-corrected chi connectivity index (χ3v) is 5.97. The van der Waals surface area contributed by atoms with Gasteiger partial charge in [0.2, 0.25) is 5.91 Å². The van der Waals surface area contributed by atoms with Crippen molar-refractivity contribution in [2.75, 3.05) is 6.54 Å². The molecule has 1 heterocycles. The average Bonchev–Trinajstić information content (AvgIpc) is 3.23. The predicted octanol–water partition coefficient (Wildman–Crippen LogP) is 5.04. The summed E-state index contributed by atoms with van der Waals surface area (Å²) in [7, 11) is 0. The lowest BCUT2D eigenvalue weighted by molar-refractivity contribution is -0.122. The van der Waals surface area contributed by atoms with Crippen molar-refractivity contribution in [3.8, 4) is 0 Å². The molecule has 0 radical (unpaired) electrons. The molecule has 4 aromatic rings. The Morgan fingerprint density at radius 3 is 2.15 bits per heavy atom. The zero-order valence-corrected chi connectivity index (χ0v) is 18.2. The van der Waals surface area contributed by atoms with Gasteiger partial charge in [0, 0.05) is 29.6 Å². The molecule has 0 saturated carbocycles. The summed E-state index contributed by atoms with van der Waals surface area (Å²) in [4.78, 5) is 15.7. The monoisotopic (exact) mass is 447 g/mol. The minimum Gasteiger partial charge on any atom is -0.361 e. The Labute approximate surface area is 191 Å². The second kappa shape index (κ2) is 10.4. The summed E-state index contributed by atoms with van der Waals surface area (Å²) in [6.45, 7) is 0.472. The number of benzene rings is 3. The summed E-state index contributed by atoms with van der Waals surface area (Å²) in [5.41, 5.74) is 10.1. The molecule has 1 amide bonds. The SMILES string of the molecule is N[C@@H](Cc1c[nH]c2ccccc12)C(=O)NCCCC(c1ccc(F)cc1)c1ccc(F)cc1. The van der Waals surface area contributed by atoms with Gasteiger partial charge in [0.1, 0.15) is 11.6 Å². The molecule has 3 aromatic carbocycles. The van der Waals surface area contributed by atoms with E-state index in [0.29, 0.717) is 19.4 Å². The summed E-state index contributed by atoms with van der Waals surface area (Å²) in [5, 5.41) is 4.00. The number of nitrogens with two attached hydrogens (primary N) is 1. The number of nitrogens with one attached hydrogen (secondary N) is 2. The van der Waals surface area contributed by atoms with Crippen LogP contribution in [-0.4, -0.2) is 23.5 Å². The summed E-state index contributed by atoms with van der Waals surface area (Å²) in [6, 6.07) is 20.0. The summed E-state index contributed by atoms with van der Waals surface area (Å²) in [6.07, 6.45) is 3.76. The van der Waals surface area contributed by atoms with Gasteiger partial charge in [0.05, 0.1) is 6.04 Å². The number of hydrogen-bond donors (Lipinski definition) is 3. The highest BCUT2D eigenvalue weighted by Crippen LogP contribution is 2.29. The van der Waals surface area contributed by atoms with Gasteiger partial charge in [-0.15, -0.1) is 0 Å². The molecule has 170 valence electrons. The Kier molecular flexibility index (Phi) is 7.15. The molecule has 1 aromatic heterocycles. The maximum atomic E-state index is 13.4. The number of aromatic nitrogens is 1. The third kappa shape index (κ3) is 5.65. The number of H-pyrrole nitrogens is 1. The van der Waals surface area contributed by atoms with Gasteiger partial charge in [-0.3, -0.25) is 4.79 Å². The second-order valence-corrected chi connectivity index (χ2v) is 8.26. The van der Waals surface area contributed by atoms with Gasteiger partial charge in [-0.2, -0.15) is 0 Å². The molecule has 0 aliphatic heterocycles. The number of rotatable bonds is 9. The highest BCUT2D eigenvalue weighted by atomic mass is 19.1. The molecule has 0 aliphatic carbocycles. The molecule has 4 rings (SSSR count). The molecule has 33 heavy (non-hydrogen) atoms. The van der Waals surface area contributed by atoms with Gasteiger partial charge in [-0.05, 0) is 66.3 Å². The maximum absolute atomic E-state index is 13.4. The van der Waals surface area contributed by atoms with Crippen molar-refractivity contribution in [3.63, 3.8) is 0 Å². The van der Waals surface area contributed by atoms with Crippen LogP contribution in [-0.2, 0) is 11.2 Å². The average molecular weight is 448 g/mol. The molecule has 6 heteroatoms. The quantitative estimate of drug-likeness (QED) is 0.315. The lowest BCUT2D eigenvalue weighted by atomic mass is 9.87. The standard InChI is InChI=1S/C27H27F2N3O/c28-21-11-7-18(8-12-21)23(19-9-13-22(29)14-10-19)5-3-15-31-27(33)25(30)16-20-17-32-26-6-2-1-4-24(20)26/h1-2,4,6-14,17,23,25,32H,3,5,15-16,30H2,(H,31,33)/t25-/m0/s1. The molecule has 4 nitrogen and oxygen atoms in total. The number of para-hydroxylation sites is 1. The first-order valence-electron chi connectivity index (χ1n) is 11.1. The van der Waals surface area contributed by atoms with Gasteiger partial charge in [0.15, 0.2) is 0 Å². The minimum absolute atomic E-state index is 0.0250. The van der Waals surface area contributed by atoms with Crippen LogP contribution >= 0.6 is 0 Å². The van der Waals surface area contributed by atoms with E-state index in [1.807, 2.05) is 30.5 Å². The van der Waals surface area contributed by atoms with Crippen LogP contribution in [0.4, 0.5) is 8.78 Å². The Morgan fingerprint density at radius 1 is 0.909 bits per heavy atom. The van der Waals surface area contributed by atoms with Crippen molar-refractivity contribution >= 4 is 16.8 Å². The molecular formula is C27H27F2N3O. The highest BCUT2D eigenvalue weighted by molar-refractivity contribution is 5.86. The van der Waals surface area contributed by atoms with Crippen molar-refractivity contribution in [2.24, 2.45) is 5.73 Å². The topological polar surface area (TPSA) is 70.9 Å². The Balaban J connectivity index is 1.33. The van der Waals surface area contributed by atoms with Gasteiger partial charge in [-0.25, -0.2) is 8.78 Å². The van der Waals surface area contributed by atoms with E-state index in [4.69, 9.17) is 5.73 Å². The van der Waals surface area contributed by atoms with Crippen molar-refractivity contribution in [3.05, 3.63) is 107 Å². The number of aromatic amines is 1. The van der Waals surface area contributed by atoms with Crippen molar-refractivity contribution < 1.29 is 13.6 Å². The van der Waals surface area contributed by atoms with Crippen LogP contribution in [0.1, 0.15) is 35.4 Å². The van der Waals surface area contributed by atoms with Gasteiger partial charge < -0.3 is 16.0 Å². The Bertz CT molecular complexity index is 1160. The molecular weight excluding hydrogens is 420 g/mol. The van der Waals surface area contributed by atoms with Gasteiger partial charge in [-0.1, -0.05) is 42.5 Å². The van der Waals surface area contributed by atoms with Crippen LogP contribution < -0.4 is 11.1 Å². The highest BCUT2D eigenvalue weighted by Gasteiger charge is 2.17. The number of amides is 1. The van der Waals surface area contributed by atoms with E-state index >= 15 is 0 Å². The van der Waals surface area contributed by atoms with Crippen LogP contribution in [0.15, 0.2) is 79.0 Å². The first kappa shape index (κ1) is 22.7. The third-order valence-electron chi connectivity index (χ3n) is 5.97. The van der Waals surface area contributed by atoms with Crippen LogP contribution in [0.5, 0.6) is 0 Å². The zero-order valence-electron chi connectivity index (χ0n) is 18.2. The Hall–Kier alpha value is -3.51. The fraction of sp³-hybridized carbons (Fsp3) is 0.222. The number of halogens is 2. The van der Waals surface area contributed by atoms with E-state index in [-0.39, 0.29) is 23.5 Å². The predicted molar refractivity (Wildman–Crippen MR) is 127 cm³/mol.